The van der Waals surface area contributed by atoms with Gasteiger partial charge in [-0.05, 0) is 38.3 Å². The molecule has 0 aromatic heterocycles. The van der Waals surface area contributed by atoms with E-state index in [0.29, 0.717) is 12.4 Å². The van der Waals surface area contributed by atoms with Crippen LogP contribution in [0.3, 0.4) is 0 Å². The molecule has 12 heavy (non-hydrogen) atoms. The highest BCUT2D eigenvalue weighted by Gasteiger charge is 2.14. The third kappa shape index (κ3) is 1.97. The highest BCUT2D eigenvalue weighted by molar-refractivity contribution is 6.06. The summed E-state index contributed by atoms with van der Waals surface area (Å²) in [5, 5.41) is 0. The predicted octanol–water partition coefficient (Wildman–Crippen LogP) is 2.22. The first-order valence-corrected chi connectivity index (χ1v) is 4.26. The molecule has 0 bridgehead atoms. The molecule has 0 amide bonds. The van der Waals surface area contributed by atoms with Crippen molar-refractivity contribution < 1.29 is 9.53 Å². The van der Waals surface area contributed by atoms with Gasteiger partial charge >= 0.3 is 0 Å². The molecule has 2 nitrogen and oxygen atoms in total. The Morgan fingerprint density at radius 1 is 1.67 bits per heavy atom. The molecule has 0 fully saturated rings. The summed E-state index contributed by atoms with van der Waals surface area (Å²) >= 11 is 0. The molecule has 0 aliphatic carbocycles. The Bertz CT molecular complexity index is 236. The van der Waals surface area contributed by atoms with Crippen LogP contribution in [-0.2, 0) is 9.53 Å². The molecule has 0 radical (unpaired) electrons. The standard InChI is InChI=1S/C10H14O2/c1-3-8(2)10(11)9-6-4-5-7-12-9/h3,6H,4-5,7H2,1-2H3. The monoisotopic (exact) mass is 166 g/mol. The van der Waals surface area contributed by atoms with Gasteiger partial charge in [-0.25, -0.2) is 0 Å². The summed E-state index contributed by atoms with van der Waals surface area (Å²) in [6, 6.07) is 0. The molecule has 1 aliphatic heterocycles. The number of hydrogen-bond donors (Lipinski definition) is 0. The van der Waals surface area contributed by atoms with E-state index in [1.807, 2.05) is 13.0 Å². The van der Waals surface area contributed by atoms with E-state index in [1.54, 1.807) is 13.0 Å². The third-order valence-electron chi connectivity index (χ3n) is 1.95. The van der Waals surface area contributed by atoms with Crippen LogP contribution in [0, 0.1) is 0 Å². The molecule has 1 heterocycles. The molecule has 0 atom stereocenters. The van der Waals surface area contributed by atoms with Gasteiger partial charge in [0, 0.05) is 0 Å². The van der Waals surface area contributed by atoms with Crippen LogP contribution in [0.1, 0.15) is 26.7 Å². The lowest BCUT2D eigenvalue weighted by molar-refractivity contribution is -0.115. The van der Waals surface area contributed by atoms with Crippen molar-refractivity contribution >= 4 is 5.78 Å². The lowest BCUT2D eigenvalue weighted by Crippen LogP contribution is -2.11. The van der Waals surface area contributed by atoms with E-state index < -0.39 is 0 Å². The maximum atomic E-state index is 11.5. The largest absolute Gasteiger partial charge is 0.490 e. The first-order valence-electron chi connectivity index (χ1n) is 4.26. The predicted molar refractivity (Wildman–Crippen MR) is 47.7 cm³/mol. The molecule has 0 saturated heterocycles. The van der Waals surface area contributed by atoms with Crippen LogP contribution in [0.25, 0.3) is 0 Å². The van der Waals surface area contributed by atoms with Crippen molar-refractivity contribution in [2.45, 2.75) is 26.7 Å². The van der Waals surface area contributed by atoms with Crippen LogP contribution >= 0.6 is 0 Å². The maximum Gasteiger partial charge on any atom is 0.222 e. The van der Waals surface area contributed by atoms with Crippen LogP contribution in [0.5, 0.6) is 0 Å². The van der Waals surface area contributed by atoms with Crippen molar-refractivity contribution in [3.05, 3.63) is 23.5 Å². The Labute approximate surface area is 72.9 Å². The van der Waals surface area contributed by atoms with Crippen molar-refractivity contribution in [1.82, 2.24) is 0 Å². The van der Waals surface area contributed by atoms with Crippen molar-refractivity contribution in [3.8, 4) is 0 Å². The number of carbonyl (C=O) groups excluding carboxylic acids is 1. The molecule has 0 unspecified atom stereocenters. The molecule has 1 rings (SSSR count). The molecule has 0 spiro atoms. The molecule has 66 valence electrons. The average Bonchev–Trinajstić information content (AvgIpc) is 2.17. The zero-order valence-corrected chi connectivity index (χ0v) is 7.59. The van der Waals surface area contributed by atoms with E-state index in [2.05, 4.69) is 0 Å². The molecular weight excluding hydrogens is 152 g/mol. The Balaban J connectivity index is 2.69. The summed E-state index contributed by atoms with van der Waals surface area (Å²) in [4.78, 5) is 11.5. The summed E-state index contributed by atoms with van der Waals surface area (Å²) in [7, 11) is 0. The van der Waals surface area contributed by atoms with Crippen LogP contribution in [0.4, 0.5) is 0 Å². The van der Waals surface area contributed by atoms with E-state index in [1.165, 1.54) is 0 Å². The van der Waals surface area contributed by atoms with Gasteiger partial charge in [-0.15, -0.1) is 0 Å². The fraction of sp³-hybridized carbons (Fsp3) is 0.500. The van der Waals surface area contributed by atoms with E-state index in [9.17, 15) is 4.79 Å². The average molecular weight is 166 g/mol. The minimum absolute atomic E-state index is 0.0252. The first-order chi connectivity index (χ1) is 5.75. The molecule has 2 heteroatoms. The second-order valence-corrected chi connectivity index (χ2v) is 2.86. The lowest BCUT2D eigenvalue weighted by Gasteiger charge is -2.13. The van der Waals surface area contributed by atoms with E-state index in [0.717, 1.165) is 18.4 Å². The quantitative estimate of drug-likeness (QED) is 0.588. The number of ketones is 1. The third-order valence-corrected chi connectivity index (χ3v) is 1.95. The minimum atomic E-state index is 0.0252. The molecular formula is C10H14O2. The fourth-order valence-electron chi connectivity index (χ4n) is 1.04. The Morgan fingerprint density at radius 3 is 2.92 bits per heavy atom. The Kier molecular flexibility index (Phi) is 3.09. The van der Waals surface area contributed by atoms with Gasteiger partial charge in [0.25, 0.3) is 0 Å². The van der Waals surface area contributed by atoms with Gasteiger partial charge in [-0.1, -0.05) is 6.08 Å². The number of ether oxygens (including phenoxy) is 1. The normalized spacial score (nSPS) is 18.2. The summed E-state index contributed by atoms with van der Waals surface area (Å²) in [5.41, 5.74) is 0.753. The Hall–Kier alpha value is -1.05. The summed E-state index contributed by atoms with van der Waals surface area (Å²) < 4.78 is 5.23. The summed E-state index contributed by atoms with van der Waals surface area (Å²) in [6.45, 7) is 4.34. The molecule has 0 saturated carbocycles. The zero-order chi connectivity index (χ0) is 8.97. The fourth-order valence-corrected chi connectivity index (χ4v) is 1.04. The number of Topliss-reactive ketones (excluding diaryl/α,β-unsaturated/α-hetero) is 1. The van der Waals surface area contributed by atoms with Crippen LogP contribution in [0.15, 0.2) is 23.5 Å². The lowest BCUT2D eigenvalue weighted by atomic mass is 10.1. The van der Waals surface area contributed by atoms with Crippen LogP contribution < -0.4 is 0 Å². The summed E-state index contributed by atoms with van der Waals surface area (Å²) in [5.74, 6) is 0.550. The number of hydrogen-bond acceptors (Lipinski definition) is 2. The van der Waals surface area contributed by atoms with E-state index in [4.69, 9.17) is 4.74 Å². The van der Waals surface area contributed by atoms with E-state index >= 15 is 0 Å². The molecule has 0 aromatic carbocycles. The smallest absolute Gasteiger partial charge is 0.222 e. The van der Waals surface area contributed by atoms with Crippen molar-refractivity contribution in [2.75, 3.05) is 6.61 Å². The van der Waals surface area contributed by atoms with Crippen LogP contribution in [-0.4, -0.2) is 12.4 Å². The number of carbonyl (C=O) groups is 1. The molecule has 0 aromatic rings. The molecule has 0 N–H and O–H groups in total. The number of rotatable bonds is 2. The summed E-state index contributed by atoms with van der Waals surface area (Å²) in [6.07, 6.45) is 5.66. The number of allylic oxidation sites excluding steroid dienone is 3. The van der Waals surface area contributed by atoms with Crippen molar-refractivity contribution in [3.63, 3.8) is 0 Å². The van der Waals surface area contributed by atoms with Gasteiger partial charge in [-0.3, -0.25) is 4.79 Å². The van der Waals surface area contributed by atoms with Gasteiger partial charge in [-0.2, -0.15) is 0 Å². The van der Waals surface area contributed by atoms with Crippen molar-refractivity contribution in [1.29, 1.82) is 0 Å². The second-order valence-electron chi connectivity index (χ2n) is 2.86. The molecule has 1 aliphatic rings. The van der Waals surface area contributed by atoms with Crippen molar-refractivity contribution in [2.24, 2.45) is 0 Å². The van der Waals surface area contributed by atoms with Gasteiger partial charge in [0.2, 0.25) is 5.78 Å². The second kappa shape index (κ2) is 4.10. The van der Waals surface area contributed by atoms with Gasteiger partial charge in [0.1, 0.15) is 0 Å². The zero-order valence-electron chi connectivity index (χ0n) is 7.59. The van der Waals surface area contributed by atoms with Gasteiger partial charge in [0.15, 0.2) is 5.76 Å². The maximum absolute atomic E-state index is 11.5. The SMILES string of the molecule is CC=C(C)C(=O)C1=CCCCO1. The topological polar surface area (TPSA) is 26.3 Å². The first kappa shape index (κ1) is 9.04. The van der Waals surface area contributed by atoms with Gasteiger partial charge in [0.05, 0.1) is 6.61 Å². The van der Waals surface area contributed by atoms with Crippen LogP contribution in [0.2, 0.25) is 0 Å². The highest BCUT2D eigenvalue weighted by atomic mass is 16.5. The Morgan fingerprint density at radius 2 is 2.42 bits per heavy atom. The minimum Gasteiger partial charge on any atom is -0.490 e. The highest BCUT2D eigenvalue weighted by Crippen LogP contribution is 2.14. The van der Waals surface area contributed by atoms with Gasteiger partial charge < -0.3 is 4.74 Å². The van der Waals surface area contributed by atoms with E-state index in [-0.39, 0.29) is 5.78 Å².